The van der Waals surface area contributed by atoms with Crippen LogP contribution in [-0.4, -0.2) is 19.0 Å². The molecule has 2 aromatic carbocycles. The van der Waals surface area contributed by atoms with Crippen molar-refractivity contribution in [2.75, 3.05) is 0 Å². The molecule has 0 bridgehead atoms. The Morgan fingerprint density at radius 2 is 1.14 bits per heavy atom. The van der Waals surface area contributed by atoms with Crippen molar-refractivity contribution in [2.45, 2.75) is 67.9 Å². The van der Waals surface area contributed by atoms with Crippen molar-refractivity contribution >= 4 is 57.5 Å². The summed E-state index contributed by atoms with van der Waals surface area (Å²) in [5, 5.41) is 0. The van der Waals surface area contributed by atoms with E-state index in [0.29, 0.717) is 21.3 Å². The Balaban J connectivity index is 2.31. The minimum atomic E-state index is -2.04. The summed E-state index contributed by atoms with van der Waals surface area (Å²) >= 11 is 5.24. The van der Waals surface area contributed by atoms with E-state index < -0.39 is 25.6 Å². The van der Waals surface area contributed by atoms with E-state index >= 15 is 0 Å². The van der Waals surface area contributed by atoms with Gasteiger partial charge in [-0.15, -0.1) is 0 Å². The summed E-state index contributed by atoms with van der Waals surface area (Å²) in [7, 11) is -1.43. The molecule has 0 spiro atoms. The lowest BCUT2D eigenvalue weighted by Crippen LogP contribution is -2.29. The van der Waals surface area contributed by atoms with Crippen LogP contribution < -0.4 is 7.58 Å². The minimum absolute atomic E-state index is 0.0691. The van der Waals surface area contributed by atoms with Crippen molar-refractivity contribution in [1.82, 2.24) is 0 Å². The van der Waals surface area contributed by atoms with E-state index in [1.54, 1.807) is 0 Å². The average molecular weight is 544 g/mol. The molecule has 3 rings (SSSR count). The Morgan fingerprint density at radius 3 is 1.46 bits per heavy atom. The Kier molecular flexibility index (Phi) is 6.18. The maximum atomic E-state index is 13.8. The first-order valence-corrected chi connectivity index (χ1v) is 14.1. The zero-order chi connectivity index (χ0) is 21.0. The smallest absolute Gasteiger partial charge is 0.610 e. The third kappa shape index (κ3) is 4.39. The van der Waals surface area contributed by atoms with Crippen LogP contribution in [0.3, 0.4) is 0 Å². The highest BCUT2D eigenvalue weighted by molar-refractivity contribution is 9.11. The fourth-order valence-electron chi connectivity index (χ4n) is 2.98. The summed E-state index contributed by atoms with van der Waals surface area (Å²) in [6.07, 6.45) is 0. The molecule has 0 saturated heterocycles. The predicted molar refractivity (Wildman–Crippen MR) is 123 cm³/mol. The average Bonchev–Trinajstić information content (AvgIpc) is 2.54. The van der Waals surface area contributed by atoms with Crippen LogP contribution in [-0.2, 0) is 21.6 Å². The van der Waals surface area contributed by atoms with Crippen molar-refractivity contribution in [3.05, 3.63) is 44.3 Å². The van der Waals surface area contributed by atoms with Gasteiger partial charge in [0.05, 0.1) is 29.5 Å². The van der Waals surface area contributed by atoms with Gasteiger partial charge in [-0.1, -0.05) is 41.5 Å². The predicted octanol–water partition coefficient (Wildman–Crippen LogP) is 6.86. The number of fused-ring (bicyclic) bond motifs is 2. The van der Waals surface area contributed by atoms with Crippen LogP contribution in [0.4, 0.5) is 0 Å². The molecule has 7 heteroatoms. The van der Waals surface area contributed by atoms with Gasteiger partial charge in [-0.05, 0) is 83.9 Å². The molecule has 0 fully saturated rings. The Bertz CT molecular complexity index is 886. The molecule has 1 aliphatic rings. The maximum absolute atomic E-state index is 13.8. The number of halogens is 2. The van der Waals surface area contributed by atoms with Crippen LogP contribution in [0.1, 0.15) is 52.7 Å². The monoisotopic (exact) mass is 542 g/mol. The maximum Gasteiger partial charge on any atom is 0.853 e. The molecule has 1 aliphatic heterocycles. The van der Waals surface area contributed by atoms with Gasteiger partial charge >= 0.3 is 14.8 Å². The van der Waals surface area contributed by atoms with Gasteiger partial charge in [0.2, 0.25) is 0 Å². The van der Waals surface area contributed by atoms with E-state index in [4.69, 9.17) is 7.58 Å². The van der Waals surface area contributed by atoms with E-state index in [1.165, 1.54) is 0 Å². The molecular formula is C21H25AlBr2O3S. The number of hydrogen-bond acceptors (Lipinski definition) is 3. The third-order valence-corrected chi connectivity index (χ3v) is 8.44. The first kappa shape index (κ1) is 22.4. The lowest BCUT2D eigenvalue weighted by Gasteiger charge is -2.28. The first-order valence-electron chi connectivity index (χ1n) is 9.22. The van der Waals surface area contributed by atoms with Crippen molar-refractivity contribution in [1.29, 1.82) is 0 Å². The third-order valence-electron chi connectivity index (χ3n) is 4.72. The second-order valence-electron chi connectivity index (χ2n) is 9.14. The SMILES string of the molecule is [CH3][Al]1[O]c2c(Br)cc(C(C)(C)C)cc2S(=O)c2cc(C(C)(C)C)cc(Br)c2[O]1. The van der Waals surface area contributed by atoms with Gasteiger partial charge in [0.1, 0.15) is 11.5 Å². The molecule has 1 heterocycles. The highest BCUT2D eigenvalue weighted by Gasteiger charge is 2.35. The second kappa shape index (κ2) is 7.74. The minimum Gasteiger partial charge on any atom is -0.610 e. The summed E-state index contributed by atoms with van der Waals surface area (Å²) in [4.78, 5) is 1.39. The van der Waals surface area contributed by atoms with Crippen molar-refractivity contribution in [3.8, 4) is 11.5 Å². The summed E-state index contributed by atoms with van der Waals surface area (Å²) in [5.41, 5.74) is 2.08. The fraction of sp³-hybridized carbons (Fsp3) is 0.429. The van der Waals surface area contributed by atoms with Crippen LogP contribution in [0.5, 0.6) is 11.5 Å². The number of hydrogen-bond donors (Lipinski definition) is 0. The molecule has 0 amide bonds. The molecule has 0 N–H and O–H groups in total. The van der Waals surface area contributed by atoms with Crippen LogP contribution in [0.15, 0.2) is 43.0 Å². The summed E-state index contributed by atoms with van der Waals surface area (Å²) < 4.78 is 27.8. The van der Waals surface area contributed by atoms with Crippen molar-refractivity contribution in [3.63, 3.8) is 0 Å². The molecule has 150 valence electrons. The Hall–Kier alpha value is -0.318. The second-order valence-corrected chi connectivity index (χ2v) is 13.9. The number of rotatable bonds is 0. The van der Waals surface area contributed by atoms with Crippen molar-refractivity contribution < 1.29 is 11.8 Å². The number of benzene rings is 2. The van der Waals surface area contributed by atoms with Crippen molar-refractivity contribution in [2.24, 2.45) is 0 Å². The zero-order valence-electron chi connectivity index (χ0n) is 17.3. The van der Waals surface area contributed by atoms with Crippen LogP contribution in [0.2, 0.25) is 5.79 Å². The van der Waals surface area contributed by atoms with Gasteiger partial charge in [0.15, 0.2) is 0 Å². The lowest BCUT2D eigenvalue weighted by molar-refractivity contribution is 0.411. The Labute approximate surface area is 192 Å². The molecule has 0 radical (unpaired) electrons. The van der Waals surface area contributed by atoms with Gasteiger partial charge in [-0.25, -0.2) is 4.21 Å². The molecule has 0 aromatic heterocycles. The van der Waals surface area contributed by atoms with Gasteiger partial charge in [-0.3, -0.25) is 0 Å². The molecular weight excluding hydrogens is 519 g/mol. The fourth-order valence-corrected chi connectivity index (χ4v) is 7.44. The molecule has 0 saturated carbocycles. The zero-order valence-corrected chi connectivity index (χ0v) is 22.4. The van der Waals surface area contributed by atoms with Crippen LogP contribution in [0, 0.1) is 0 Å². The van der Waals surface area contributed by atoms with Gasteiger partial charge in [0, 0.05) is 0 Å². The van der Waals surface area contributed by atoms with Gasteiger partial charge in [-0.2, -0.15) is 0 Å². The van der Waals surface area contributed by atoms with E-state index in [-0.39, 0.29) is 10.8 Å². The largest absolute Gasteiger partial charge is 0.853 e. The topological polar surface area (TPSA) is 35.5 Å². The molecule has 28 heavy (non-hydrogen) atoms. The normalized spacial score (nSPS) is 15.1. The summed E-state index contributed by atoms with van der Waals surface area (Å²) in [6, 6.07) is 8.15. The highest BCUT2D eigenvalue weighted by Crippen LogP contribution is 2.44. The van der Waals surface area contributed by atoms with E-state index in [2.05, 4.69) is 85.5 Å². The molecule has 2 aromatic rings. The van der Waals surface area contributed by atoms with E-state index in [1.807, 2.05) is 17.9 Å². The molecule has 0 unspecified atom stereocenters. The molecule has 3 nitrogen and oxygen atoms in total. The quantitative estimate of drug-likeness (QED) is 0.340. The van der Waals surface area contributed by atoms with Gasteiger partial charge in [0.25, 0.3) is 0 Å². The van der Waals surface area contributed by atoms with E-state index in [9.17, 15) is 4.21 Å². The van der Waals surface area contributed by atoms with Gasteiger partial charge < -0.3 is 7.58 Å². The first-order chi connectivity index (χ1) is 12.8. The van der Waals surface area contributed by atoms with Crippen LogP contribution in [0.25, 0.3) is 0 Å². The Morgan fingerprint density at radius 1 is 0.786 bits per heavy atom. The highest BCUT2D eigenvalue weighted by atomic mass is 79.9. The lowest BCUT2D eigenvalue weighted by atomic mass is 9.87. The summed E-state index contributed by atoms with van der Waals surface area (Å²) in [6.45, 7) is 12.9. The van der Waals surface area contributed by atoms with E-state index in [0.717, 1.165) is 20.1 Å². The summed E-state index contributed by atoms with van der Waals surface area (Å²) in [5.74, 6) is 3.25. The van der Waals surface area contributed by atoms with Crippen LogP contribution >= 0.6 is 31.9 Å². The standard InChI is InChI=1S/C20H24Br2O3S.CH3.Al/c1-19(2,3)11-7-13(21)17(23)15(9-11)26(25)16-10-12(20(4,5)6)8-14(22)18(16)24;;/h7-10,23-24H,1-6H3;1H3;/q;;+2/p-2. The molecule has 0 aliphatic carbocycles. The molecule has 0 atom stereocenters.